The van der Waals surface area contributed by atoms with Crippen molar-refractivity contribution in [3.63, 3.8) is 0 Å². The Labute approximate surface area is 89.1 Å². The fourth-order valence-corrected chi connectivity index (χ4v) is 1.60. The van der Waals surface area contributed by atoms with E-state index < -0.39 is 0 Å². The van der Waals surface area contributed by atoms with Gasteiger partial charge in [-0.3, -0.25) is 0 Å². The van der Waals surface area contributed by atoms with Crippen LogP contribution in [0.15, 0.2) is 11.6 Å². The van der Waals surface area contributed by atoms with Gasteiger partial charge in [0.1, 0.15) is 0 Å². The predicted octanol–water partition coefficient (Wildman–Crippen LogP) is 4.29. The van der Waals surface area contributed by atoms with E-state index >= 15 is 0 Å². The van der Waals surface area contributed by atoms with E-state index in [1.807, 2.05) is 0 Å². The topological polar surface area (TPSA) is 23.9 Å². The summed E-state index contributed by atoms with van der Waals surface area (Å²) in [6.45, 7) is 11.0. The quantitative estimate of drug-likeness (QED) is 0.483. The lowest BCUT2D eigenvalue weighted by Gasteiger charge is -2.14. The average molecular weight is 195 g/mol. The molecule has 0 heterocycles. The van der Waals surface area contributed by atoms with Gasteiger partial charge in [0.2, 0.25) is 0 Å². The van der Waals surface area contributed by atoms with Gasteiger partial charge in [-0.25, -0.2) is 0 Å². The van der Waals surface area contributed by atoms with E-state index in [2.05, 4.69) is 40.7 Å². The molecule has 1 atom stereocenters. The van der Waals surface area contributed by atoms with Crippen molar-refractivity contribution in [1.82, 2.24) is 0 Å². The molecule has 14 heavy (non-hydrogen) atoms. The highest BCUT2D eigenvalue weighted by atomic mass is 14.4. The van der Waals surface area contributed by atoms with Crippen LogP contribution >= 0.6 is 0 Å². The smallest absolute Gasteiger partial charge is 0.000726 e. The molecule has 0 spiro atoms. The van der Waals surface area contributed by atoms with Crippen molar-refractivity contribution >= 4 is 6.21 Å². The van der Waals surface area contributed by atoms with Gasteiger partial charge in [0.15, 0.2) is 0 Å². The van der Waals surface area contributed by atoms with Gasteiger partial charge < -0.3 is 5.41 Å². The zero-order valence-electron chi connectivity index (χ0n) is 10.3. The fraction of sp³-hybridized carbons (Fsp3) is 0.769. The van der Waals surface area contributed by atoms with E-state index in [0.29, 0.717) is 11.8 Å². The second kappa shape index (κ2) is 6.80. The first-order valence-electron chi connectivity index (χ1n) is 5.63. The molecule has 1 heteroatoms. The minimum Gasteiger partial charge on any atom is -0.313 e. The van der Waals surface area contributed by atoms with Crippen molar-refractivity contribution in [2.24, 2.45) is 17.8 Å². The molecular weight excluding hydrogens is 170 g/mol. The predicted molar refractivity (Wildman–Crippen MR) is 64.9 cm³/mol. The molecule has 0 aromatic carbocycles. The third-order valence-electron chi connectivity index (χ3n) is 2.54. The molecule has 0 aliphatic heterocycles. The van der Waals surface area contributed by atoms with Gasteiger partial charge in [-0.15, -0.1) is 0 Å². The highest BCUT2D eigenvalue weighted by molar-refractivity contribution is 5.57. The van der Waals surface area contributed by atoms with Crippen molar-refractivity contribution in [3.05, 3.63) is 11.6 Å². The van der Waals surface area contributed by atoms with Crippen molar-refractivity contribution in [2.45, 2.75) is 47.5 Å². The largest absolute Gasteiger partial charge is 0.313 e. The first-order chi connectivity index (χ1) is 6.47. The van der Waals surface area contributed by atoms with Gasteiger partial charge in [-0.1, -0.05) is 39.3 Å². The first kappa shape index (κ1) is 13.4. The van der Waals surface area contributed by atoms with Crippen molar-refractivity contribution < 1.29 is 0 Å². The molecule has 0 bridgehead atoms. The Bertz CT molecular complexity index is 189. The normalized spacial score (nSPS) is 14.9. The van der Waals surface area contributed by atoms with Crippen LogP contribution in [0.25, 0.3) is 0 Å². The molecule has 0 fully saturated rings. The van der Waals surface area contributed by atoms with Gasteiger partial charge in [0.25, 0.3) is 0 Å². The minimum absolute atomic E-state index is 0.414. The maximum atomic E-state index is 7.32. The van der Waals surface area contributed by atoms with E-state index in [-0.39, 0.29) is 0 Å². The van der Waals surface area contributed by atoms with E-state index in [1.165, 1.54) is 12.0 Å². The molecule has 0 aromatic heterocycles. The number of allylic oxidation sites excluding steroid dienone is 2. The molecule has 0 saturated heterocycles. The van der Waals surface area contributed by atoms with Gasteiger partial charge in [0.05, 0.1) is 0 Å². The summed E-state index contributed by atoms with van der Waals surface area (Å²) in [6.07, 6.45) is 6.10. The third-order valence-corrected chi connectivity index (χ3v) is 2.54. The lowest BCUT2D eigenvalue weighted by Crippen LogP contribution is -2.08. The van der Waals surface area contributed by atoms with Crippen LogP contribution in [0.4, 0.5) is 0 Å². The Hall–Kier alpha value is -0.590. The highest BCUT2D eigenvalue weighted by Gasteiger charge is 2.08. The molecule has 1 unspecified atom stereocenters. The van der Waals surface area contributed by atoms with E-state index in [1.54, 1.807) is 6.21 Å². The molecule has 1 nitrogen and oxygen atoms in total. The van der Waals surface area contributed by atoms with Gasteiger partial charge >= 0.3 is 0 Å². The van der Waals surface area contributed by atoms with Crippen molar-refractivity contribution in [2.75, 3.05) is 0 Å². The molecule has 0 aliphatic carbocycles. The van der Waals surface area contributed by atoms with E-state index in [0.717, 1.165) is 12.3 Å². The highest BCUT2D eigenvalue weighted by Crippen LogP contribution is 2.17. The Balaban J connectivity index is 4.05. The Morgan fingerprint density at radius 1 is 1.21 bits per heavy atom. The Morgan fingerprint density at radius 2 is 1.79 bits per heavy atom. The molecule has 0 radical (unpaired) electrons. The Kier molecular flexibility index (Phi) is 6.52. The second-order valence-corrected chi connectivity index (χ2v) is 4.96. The minimum atomic E-state index is 0.414. The lowest BCUT2D eigenvalue weighted by atomic mass is 9.92. The van der Waals surface area contributed by atoms with Crippen LogP contribution in [0.5, 0.6) is 0 Å². The van der Waals surface area contributed by atoms with Crippen LogP contribution in [0, 0.1) is 23.2 Å². The number of rotatable bonds is 6. The molecule has 0 rings (SSSR count). The van der Waals surface area contributed by atoms with Crippen LogP contribution in [0.3, 0.4) is 0 Å². The van der Waals surface area contributed by atoms with Crippen molar-refractivity contribution in [3.8, 4) is 0 Å². The summed E-state index contributed by atoms with van der Waals surface area (Å²) in [5.74, 6) is 1.73. The summed E-state index contributed by atoms with van der Waals surface area (Å²) in [4.78, 5) is 0. The maximum Gasteiger partial charge on any atom is -0.000726 e. The molecule has 0 saturated carbocycles. The summed E-state index contributed by atoms with van der Waals surface area (Å²) in [6, 6.07) is 0. The summed E-state index contributed by atoms with van der Waals surface area (Å²) >= 11 is 0. The maximum absolute atomic E-state index is 7.32. The molecule has 82 valence electrons. The average Bonchev–Trinajstić information content (AvgIpc) is 2.03. The number of nitrogens with one attached hydrogen (secondary N) is 1. The molecule has 0 aliphatic rings. The molecule has 0 amide bonds. The summed E-state index contributed by atoms with van der Waals surface area (Å²) < 4.78 is 0. The van der Waals surface area contributed by atoms with Gasteiger partial charge in [-0.2, -0.15) is 0 Å². The third kappa shape index (κ3) is 5.95. The number of hydrogen-bond acceptors (Lipinski definition) is 1. The van der Waals surface area contributed by atoms with E-state index in [9.17, 15) is 0 Å². The second-order valence-electron chi connectivity index (χ2n) is 4.96. The lowest BCUT2D eigenvalue weighted by molar-refractivity contribution is 0.503. The van der Waals surface area contributed by atoms with Crippen molar-refractivity contribution in [1.29, 1.82) is 5.41 Å². The van der Waals surface area contributed by atoms with Crippen LogP contribution in [0.1, 0.15) is 47.5 Å². The molecule has 1 N–H and O–H groups in total. The SMILES string of the molecule is C/C(=C\CC(C=N)C(C)C)CC(C)C. The standard InChI is InChI=1S/C13H25N/c1-10(2)8-12(5)6-7-13(9-14)11(3)4/h6,9-11,13-14H,7-8H2,1-5H3/b12-6+,14-9?. The zero-order chi connectivity index (χ0) is 11.1. The summed E-state index contributed by atoms with van der Waals surface area (Å²) in [7, 11) is 0. The monoisotopic (exact) mass is 195 g/mol. The van der Waals surface area contributed by atoms with Crippen LogP contribution in [0.2, 0.25) is 0 Å². The van der Waals surface area contributed by atoms with Crippen LogP contribution < -0.4 is 0 Å². The first-order valence-corrected chi connectivity index (χ1v) is 5.63. The fourth-order valence-electron chi connectivity index (χ4n) is 1.60. The number of hydrogen-bond donors (Lipinski definition) is 1. The zero-order valence-corrected chi connectivity index (χ0v) is 10.3. The Morgan fingerprint density at radius 3 is 2.14 bits per heavy atom. The van der Waals surface area contributed by atoms with Gasteiger partial charge in [-0.05, 0) is 43.7 Å². The van der Waals surface area contributed by atoms with Crippen LogP contribution in [-0.2, 0) is 0 Å². The van der Waals surface area contributed by atoms with Gasteiger partial charge in [0, 0.05) is 0 Å². The summed E-state index contributed by atoms with van der Waals surface area (Å²) in [5.41, 5.74) is 1.47. The molecule has 0 aromatic rings. The summed E-state index contributed by atoms with van der Waals surface area (Å²) in [5, 5.41) is 7.32. The molecular formula is C13H25N. The van der Waals surface area contributed by atoms with Crippen LogP contribution in [-0.4, -0.2) is 6.21 Å². The van der Waals surface area contributed by atoms with E-state index in [4.69, 9.17) is 5.41 Å².